The second-order valence-electron chi connectivity index (χ2n) is 4.97. The van der Waals surface area contributed by atoms with Crippen LogP contribution in [0.4, 0.5) is 0 Å². The highest BCUT2D eigenvalue weighted by molar-refractivity contribution is 6.30. The van der Waals surface area contributed by atoms with E-state index in [4.69, 9.17) is 21.6 Å². The van der Waals surface area contributed by atoms with E-state index in [0.29, 0.717) is 5.02 Å². The fourth-order valence-corrected chi connectivity index (χ4v) is 2.04. The minimum atomic E-state index is -0.841. The lowest BCUT2D eigenvalue weighted by atomic mass is 10.0. The van der Waals surface area contributed by atoms with Crippen LogP contribution in [0.2, 0.25) is 5.02 Å². The van der Waals surface area contributed by atoms with Crippen molar-refractivity contribution in [2.45, 2.75) is 6.92 Å². The molecule has 0 fully saturated rings. The number of halogens is 1. The predicted molar refractivity (Wildman–Crippen MR) is 97.6 cm³/mol. The van der Waals surface area contributed by atoms with E-state index in [-0.39, 0.29) is 29.0 Å². The van der Waals surface area contributed by atoms with E-state index >= 15 is 0 Å². The maximum atomic E-state index is 12.6. The van der Waals surface area contributed by atoms with Gasteiger partial charge in [0.25, 0.3) is 5.56 Å². The molecule has 8 heteroatoms. The van der Waals surface area contributed by atoms with E-state index in [1.54, 1.807) is 13.0 Å². The summed E-state index contributed by atoms with van der Waals surface area (Å²) in [6, 6.07) is 8.78. The number of rotatable bonds is 4. The molecule has 0 saturated carbocycles. The van der Waals surface area contributed by atoms with Gasteiger partial charge in [-0.05, 0) is 51.4 Å². The van der Waals surface area contributed by atoms with Gasteiger partial charge >= 0.3 is 5.97 Å². The minimum absolute atomic E-state index is 0.0788. The second kappa shape index (κ2) is 10.1. The van der Waals surface area contributed by atoms with Crippen LogP contribution in [0.3, 0.4) is 0 Å². The van der Waals surface area contributed by atoms with E-state index in [9.17, 15) is 14.4 Å². The molecule has 2 aromatic rings. The number of H-pyrrole nitrogens is 1. The third-order valence-corrected chi connectivity index (χ3v) is 3.24. The van der Waals surface area contributed by atoms with Gasteiger partial charge in [0.15, 0.2) is 5.78 Å². The van der Waals surface area contributed by atoms with Gasteiger partial charge in [0.05, 0.1) is 12.2 Å². The average Bonchev–Trinajstić information content (AvgIpc) is 2.62. The molecular formula is C18H18ClN3O4. The molecule has 26 heavy (non-hydrogen) atoms. The zero-order valence-electron chi connectivity index (χ0n) is 14.6. The summed E-state index contributed by atoms with van der Waals surface area (Å²) in [6.07, 6.45) is 0. The van der Waals surface area contributed by atoms with E-state index in [2.05, 4.69) is 10.3 Å². The van der Waals surface area contributed by atoms with Gasteiger partial charge in [-0.2, -0.15) is 5.26 Å². The molecule has 136 valence electrons. The van der Waals surface area contributed by atoms with E-state index < -0.39 is 17.3 Å². The zero-order chi connectivity index (χ0) is 19.7. The van der Waals surface area contributed by atoms with Crippen molar-refractivity contribution in [2.75, 3.05) is 20.7 Å². The van der Waals surface area contributed by atoms with Gasteiger partial charge in [0.2, 0.25) is 0 Å². The maximum Gasteiger partial charge on any atom is 0.355 e. The highest BCUT2D eigenvalue weighted by Gasteiger charge is 2.22. The lowest BCUT2D eigenvalue weighted by molar-refractivity contribution is 0.0516. The molecule has 2 N–H and O–H groups in total. The summed E-state index contributed by atoms with van der Waals surface area (Å²) in [4.78, 5) is 38.5. The van der Waals surface area contributed by atoms with Crippen molar-refractivity contribution in [1.29, 1.82) is 5.26 Å². The number of esters is 1. The summed E-state index contributed by atoms with van der Waals surface area (Å²) in [5.74, 6) is -1.37. The van der Waals surface area contributed by atoms with Crippen LogP contribution >= 0.6 is 11.6 Å². The number of carbonyl (C=O) groups is 2. The summed E-state index contributed by atoms with van der Waals surface area (Å²) in [5, 5.41) is 12.1. The molecule has 0 bridgehead atoms. The van der Waals surface area contributed by atoms with Crippen LogP contribution in [0.1, 0.15) is 38.9 Å². The molecule has 1 heterocycles. The van der Waals surface area contributed by atoms with Gasteiger partial charge < -0.3 is 15.0 Å². The molecule has 0 aliphatic carbocycles. The first-order valence-electron chi connectivity index (χ1n) is 7.62. The fourth-order valence-electron chi connectivity index (χ4n) is 1.91. The summed E-state index contributed by atoms with van der Waals surface area (Å²) in [7, 11) is 3.75. The Hall–Kier alpha value is -2.95. The van der Waals surface area contributed by atoms with Crippen molar-refractivity contribution >= 4 is 23.4 Å². The zero-order valence-corrected chi connectivity index (χ0v) is 15.3. The molecule has 0 radical (unpaired) electrons. The Morgan fingerprint density at radius 1 is 1.27 bits per heavy atom. The van der Waals surface area contributed by atoms with Crippen LogP contribution in [-0.4, -0.2) is 37.4 Å². The summed E-state index contributed by atoms with van der Waals surface area (Å²) in [6.45, 7) is 1.68. The standard InChI is InChI=1S/C16H11ClN2O4.C2H7N/c1-2-23-16(22)13-12(7-10(8-18)15(21)19-13)14(20)9-3-5-11(17)6-4-9;1-3-2/h3-7H,2H2,1H3,(H,19,21);3H,1-2H3. The Kier molecular flexibility index (Phi) is 8.22. The van der Waals surface area contributed by atoms with Gasteiger partial charge in [-0.3, -0.25) is 9.59 Å². The Balaban J connectivity index is 0.00000105. The van der Waals surface area contributed by atoms with Gasteiger partial charge in [-0.15, -0.1) is 0 Å². The summed E-state index contributed by atoms with van der Waals surface area (Å²) >= 11 is 5.78. The quantitative estimate of drug-likeness (QED) is 0.625. The SMILES string of the molecule is CCOC(=O)c1[nH]c(=O)c(C#N)cc1C(=O)c1ccc(Cl)cc1.CNC. The smallest absolute Gasteiger partial charge is 0.355 e. The molecule has 0 spiro atoms. The molecule has 2 rings (SSSR count). The topological polar surface area (TPSA) is 112 Å². The maximum absolute atomic E-state index is 12.6. The van der Waals surface area contributed by atoms with Crippen molar-refractivity contribution in [1.82, 2.24) is 10.3 Å². The molecule has 0 unspecified atom stereocenters. The van der Waals surface area contributed by atoms with Gasteiger partial charge in [0, 0.05) is 10.6 Å². The Labute approximate surface area is 155 Å². The van der Waals surface area contributed by atoms with E-state index in [0.717, 1.165) is 6.07 Å². The molecule has 0 saturated heterocycles. The Morgan fingerprint density at radius 2 is 1.85 bits per heavy atom. The number of hydrogen-bond acceptors (Lipinski definition) is 6. The molecule has 7 nitrogen and oxygen atoms in total. The van der Waals surface area contributed by atoms with Crippen LogP contribution in [0.5, 0.6) is 0 Å². The predicted octanol–water partition coefficient (Wildman–Crippen LogP) is 2.14. The van der Waals surface area contributed by atoms with Crippen LogP contribution in [0, 0.1) is 11.3 Å². The Bertz CT molecular complexity index is 883. The molecule has 0 aliphatic rings. The van der Waals surface area contributed by atoms with Crippen molar-refractivity contribution in [3.05, 3.63) is 68.1 Å². The molecule has 0 aliphatic heterocycles. The molecule has 1 aromatic heterocycles. The first kappa shape index (κ1) is 21.1. The number of benzene rings is 1. The van der Waals surface area contributed by atoms with Crippen LogP contribution < -0.4 is 10.9 Å². The molecule has 1 aromatic carbocycles. The number of carbonyl (C=O) groups excluding carboxylic acids is 2. The van der Waals surface area contributed by atoms with Crippen molar-refractivity contribution in [3.63, 3.8) is 0 Å². The summed E-state index contributed by atoms with van der Waals surface area (Å²) in [5.41, 5.74) is -1.16. The number of ether oxygens (including phenoxy) is 1. The largest absolute Gasteiger partial charge is 0.461 e. The van der Waals surface area contributed by atoms with Crippen LogP contribution in [0.15, 0.2) is 35.1 Å². The third-order valence-electron chi connectivity index (χ3n) is 2.99. The minimum Gasteiger partial charge on any atom is -0.461 e. The highest BCUT2D eigenvalue weighted by atomic mass is 35.5. The van der Waals surface area contributed by atoms with Gasteiger partial charge in [0.1, 0.15) is 17.3 Å². The van der Waals surface area contributed by atoms with Gasteiger partial charge in [-0.25, -0.2) is 4.79 Å². The second-order valence-corrected chi connectivity index (χ2v) is 5.41. The first-order chi connectivity index (χ1) is 12.4. The Morgan fingerprint density at radius 3 is 2.35 bits per heavy atom. The van der Waals surface area contributed by atoms with Gasteiger partial charge in [-0.1, -0.05) is 11.6 Å². The molecular weight excluding hydrogens is 358 g/mol. The fraction of sp³-hybridized carbons (Fsp3) is 0.222. The number of pyridine rings is 1. The normalized spacial score (nSPS) is 9.50. The number of aromatic nitrogens is 1. The van der Waals surface area contributed by atoms with Crippen molar-refractivity contribution < 1.29 is 14.3 Å². The van der Waals surface area contributed by atoms with Crippen LogP contribution in [0.25, 0.3) is 0 Å². The number of aromatic amines is 1. The molecule has 0 amide bonds. The van der Waals surface area contributed by atoms with Crippen molar-refractivity contribution in [3.8, 4) is 6.07 Å². The number of ketones is 1. The van der Waals surface area contributed by atoms with Crippen LogP contribution in [-0.2, 0) is 4.74 Å². The monoisotopic (exact) mass is 375 g/mol. The van der Waals surface area contributed by atoms with Crippen molar-refractivity contribution in [2.24, 2.45) is 0 Å². The number of hydrogen-bond donors (Lipinski definition) is 2. The highest BCUT2D eigenvalue weighted by Crippen LogP contribution is 2.16. The van der Waals surface area contributed by atoms with E-state index in [1.165, 1.54) is 24.3 Å². The van der Waals surface area contributed by atoms with E-state index in [1.807, 2.05) is 14.1 Å². The first-order valence-corrected chi connectivity index (χ1v) is 8.00. The summed E-state index contributed by atoms with van der Waals surface area (Å²) < 4.78 is 4.84. The average molecular weight is 376 g/mol. The number of nitrogens with zero attached hydrogens (tertiary/aromatic N) is 1. The lowest BCUT2D eigenvalue weighted by Crippen LogP contribution is -2.22. The lowest BCUT2D eigenvalue weighted by Gasteiger charge is -2.08. The number of nitrogens with one attached hydrogen (secondary N) is 2. The molecule has 0 atom stereocenters. The third kappa shape index (κ3) is 5.28. The number of nitriles is 1.